The predicted octanol–water partition coefficient (Wildman–Crippen LogP) is 2.86. The van der Waals surface area contributed by atoms with Gasteiger partial charge in [0.05, 0.1) is 19.3 Å². The van der Waals surface area contributed by atoms with Crippen molar-refractivity contribution in [2.75, 3.05) is 13.2 Å². The molecular weight excluding hydrogens is 230 g/mol. The molecule has 2 atom stereocenters. The van der Waals surface area contributed by atoms with E-state index in [1.807, 2.05) is 18.7 Å². The Morgan fingerprint density at radius 1 is 1.39 bits per heavy atom. The van der Waals surface area contributed by atoms with E-state index in [1.165, 1.54) is 0 Å². The largest absolute Gasteiger partial charge is 0.494 e. The summed E-state index contributed by atoms with van der Waals surface area (Å²) in [7, 11) is 0. The van der Waals surface area contributed by atoms with Crippen molar-refractivity contribution in [2.45, 2.75) is 45.2 Å². The summed E-state index contributed by atoms with van der Waals surface area (Å²) in [6.45, 7) is 8.75. The van der Waals surface area contributed by atoms with Gasteiger partial charge in [0.15, 0.2) is 0 Å². The highest BCUT2D eigenvalue weighted by Crippen LogP contribution is 2.38. The van der Waals surface area contributed by atoms with Crippen molar-refractivity contribution in [2.24, 2.45) is 0 Å². The van der Waals surface area contributed by atoms with Gasteiger partial charge in [0.2, 0.25) is 0 Å². The number of fused-ring (bicyclic) bond motifs is 2. The summed E-state index contributed by atoms with van der Waals surface area (Å²) in [5, 5.41) is 0. The first kappa shape index (κ1) is 13.0. The zero-order valence-corrected chi connectivity index (χ0v) is 11.1. The van der Waals surface area contributed by atoms with E-state index in [0.29, 0.717) is 19.0 Å². The van der Waals surface area contributed by atoms with Gasteiger partial charge in [-0.2, -0.15) is 0 Å². The zero-order valence-electron chi connectivity index (χ0n) is 11.1. The summed E-state index contributed by atoms with van der Waals surface area (Å²) in [4.78, 5) is 13.9. The van der Waals surface area contributed by atoms with Gasteiger partial charge in [0, 0.05) is 11.6 Å². The standard InChI is InChI=1S/C14H21NO3/c1-4-17-10(3)12-8-6-11-7-9-13(12)15(11)14(16)18-5-2/h8,11,13H,3-7,9H2,1-2H3/t11-,13-/m1/s1. The number of rotatable bonds is 4. The molecule has 0 aromatic carbocycles. The van der Waals surface area contributed by atoms with Crippen LogP contribution >= 0.6 is 0 Å². The quantitative estimate of drug-likeness (QED) is 0.721. The summed E-state index contributed by atoms with van der Waals surface area (Å²) >= 11 is 0. The minimum Gasteiger partial charge on any atom is -0.494 e. The van der Waals surface area contributed by atoms with Crippen molar-refractivity contribution in [1.82, 2.24) is 4.90 Å². The highest BCUT2D eigenvalue weighted by molar-refractivity contribution is 5.70. The number of hydrogen-bond acceptors (Lipinski definition) is 3. The molecule has 0 radical (unpaired) electrons. The van der Waals surface area contributed by atoms with Gasteiger partial charge in [-0.15, -0.1) is 0 Å². The molecule has 0 aromatic heterocycles. The fourth-order valence-electron chi connectivity index (χ4n) is 2.85. The Balaban J connectivity index is 2.14. The molecule has 2 aliphatic rings. The highest BCUT2D eigenvalue weighted by atomic mass is 16.6. The maximum atomic E-state index is 12.0. The second-order valence-corrected chi connectivity index (χ2v) is 4.60. The van der Waals surface area contributed by atoms with Gasteiger partial charge in [-0.3, -0.25) is 4.90 Å². The van der Waals surface area contributed by atoms with E-state index in [4.69, 9.17) is 9.47 Å². The molecule has 2 bridgehead atoms. The van der Waals surface area contributed by atoms with Gasteiger partial charge >= 0.3 is 6.09 Å². The van der Waals surface area contributed by atoms with E-state index in [-0.39, 0.29) is 18.2 Å². The molecule has 0 saturated carbocycles. The number of ether oxygens (including phenoxy) is 2. The Morgan fingerprint density at radius 2 is 2.11 bits per heavy atom. The number of amides is 1. The summed E-state index contributed by atoms with van der Waals surface area (Å²) in [6.07, 6.45) is 4.83. The van der Waals surface area contributed by atoms with Crippen molar-refractivity contribution in [3.8, 4) is 0 Å². The average molecular weight is 251 g/mol. The lowest BCUT2D eigenvalue weighted by molar-refractivity contribution is 0.0890. The van der Waals surface area contributed by atoms with E-state index in [2.05, 4.69) is 12.7 Å². The number of hydrogen-bond donors (Lipinski definition) is 0. The molecule has 4 nitrogen and oxygen atoms in total. The Bertz CT molecular complexity index is 375. The lowest BCUT2D eigenvalue weighted by atomic mass is 10.0. The molecule has 2 heterocycles. The molecule has 18 heavy (non-hydrogen) atoms. The van der Waals surface area contributed by atoms with Crippen LogP contribution < -0.4 is 0 Å². The fraction of sp³-hybridized carbons (Fsp3) is 0.643. The van der Waals surface area contributed by atoms with Crippen LogP contribution in [0.4, 0.5) is 4.79 Å². The Morgan fingerprint density at radius 3 is 2.78 bits per heavy atom. The minimum atomic E-state index is -0.208. The fourth-order valence-corrected chi connectivity index (χ4v) is 2.85. The van der Waals surface area contributed by atoms with Crippen molar-refractivity contribution in [3.63, 3.8) is 0 Å². The van der Waals surface area contributed by atoms with Crippen molar-refractivity contribution in [3.05, 3.63) is 24.0 Å². The van der Waals surface area contributed by atoms with Crippen LogP contribution in [0.1, 0.15) is 33.1 Å². The molecular formula is C14H21NO3. The lowest BCUT2D eigenvalue weighted by Crippen LogP contribution is -2.44. The van der Waals surface area contributed by atoms with Crippen LogP contribution in [0.15, 0.2) is 24.0 Å². The van der Waals surface area contributed by atoms with Crippen LogP contribution in [0, 0.1) is 0 Å². The predicted molar refractivity (Wildman–Crippen MR) is 69.1 cm³/mol. The molecule has 0 aromatic rings. The molecule has 2 rings (SSSR count). The number of carbonyl (C=O) groups is 1. The van der Waals surface area contributed by atoms with E-state index in [0.717, 1.165) is 24.8 Å². The first-order valence-corrected chi connectivity index (χ1v) is 6.66. The average Bonchev–Trinajstić information content (AvgIpc) is 2.64. The molecule has 100 valence electrons. The van der Waals surface area contributed by atoms with Crippen molar-refractivity contribution in [1.29, 1.82) is 0 Å². The maximum Gasteiger partial charge on any atom is 0.410 e. The Labute approximate surface area is 108 Å². The first-order chi connectivity index (χ1) is 8.69. The minimum absolute atomic E-state index is 0.0850. The monoisotopic (exact) mass is 251 g/mol. The molecule has 1 amide bonds. The number of nitrogens with zero attached hydrogens (tertiary/aromatic N) is 1. The van der Waals surface area contributed by atoms with Gasteiger partial charge < -0.3 is 9.47 Å². The Hall–Kier alpha value is -1.45. The summed E-state index contributed by atoms with van der Waals surface area (Å²) in [5.74, 6) is 0.692. The third-order valence-corrected chi connectivity index (χ3v) is 3.59. The zero-order chi connectivity index (χ0) is 13.1. The molecule has 4 heteroatoms. The second-order valence-electron chi connectivity index (χ2n) is 4.60. The Kier molecular flexibility index (Phi) is 3.94. The van der Waals surface area contributed by atoms with E-state index in [1.54, 1.807) is 0 Å². The van der Waals surface area contributed by atoms with E-state index < -0.39 is 0 Å². The van der Waals surface area contributed by atoms with Gasteiger partial charge in [0.25, 0.3) is 0 Å². The molecule has 1 saturated heterocycles. The highest BCUT2D eigenvalue weighted by Gasteiger charge is 2.42. The molecule has 1 fully saturated rings. The molecule has 0 spiro atoms. The van der Waals surface area contributed by atoms with Gasteiger partial charge in [0.1, 0.15) is 5.76 Å². The molecule has 0 N–H and O–H groups in total. The van der Waals surface area contributed by atoms with Crippen LogP contribution in [0.3, 0.4) is 0 Å². The van der Waals surface area contributed by atoms with Crippen LogP contribution in [0.25, 0.3) is 0 Å². The SMILES string of the molecule is C=C(OCC)C1=CC[C@@H]2CC[C@H]1N2C(=O)OCC. The van der Waals surface area contributed by atoms with E-state index in [9.17, 15) is 4.79 Å². The molecule has 0 aliphatic carbocycles. The lowest BCUT2D eigenvalue weighted by Gasteiger charge is -2.34. The van der Waals surface area contributed by atoms with Gasteiger partial charge in [-0.25, -0.2) is 4.79 Å². The maximum absolute atomic E-state index is 12.0. The third kappa shape index (κ3) is 2.24. The smallest absolute Gasteiger partial charge is 0.410 e. The summed E-state index contributed by atoms with van der Waals surface area (Å²) in [6, 6.07) is 0.370. The molecule has 2 aliphatic heterocycles. The van der Waals surface area contributed by atoms with Crippen LogP contribution in [0.2, 0.25) is 0 Å². The first-order valence-electron chi connectivity index (χ1n) is 6.66. The summed E-state index contributed by atoms with van der Waals surface area (Å²) in [5.41, 5.74) is 1.05. The van der Waals surface area contributed by atoms with E-state index >= 15 is 0 Å². The topological polar surface area (TPSA) is 38.8 Å². The van der Waals surface area contributed by atoms with Crippen LogP contribution in [-0.2, 0) is 9.47 Å². The summed E-state index contributed by atoms with van der Waals surface area (Å²) < 4.78 is 10.6. The van der Waals surface area contributed by atoms with Crippen molar-refractivity contribution < 1.29 is 14.3 Å². The molecule has 0 unspecified atom stereocenters. The number of carbonyl (C=O) groups excluding carboxylic acids is 1. The van der Waals surface area contributed by atoms with Gasteiger partial charge in [-0.05, 0) is 33.1 Å². The third-order valence-electron chi connectivity index (χ3n) is 3.59. The van der Waals surface area contributed by atoms with Crippen LogP contribution in [0.5, 0.6) is 0 Å². The normalized spacial score (nSPS) is 25.7. The van der Waals surface area contributed by atoms with Gasteiger partial charge in [-0.1, -0.05) is 12.7 Å². The van der Waals surface area contributed by atoms with Crippen molar-refractivity contribution >= 4 is 6.09 Å². The van der Waals surface area contributed by atoms with Crippen LogP contribution in [-0.4, -0.2) is 36.3 Å². The second kappa shape index (κ2) is 5.46.